The Hall–Kier alpha value is -0.730. The number of nitrogens with zero attached hydrogens (tertiary/aromatic N) is 1. The summed E-state index contributed by atoms with van der Waals surface area (Å²) in [6.07, 6.45) is 7.91. The minimum Gasteiger partial charge on any atom is -0.294 e. The van der Waals surface area contributed by atoms with E-state index in [4.69, 9.17) is 0 Å². The highest BCUT2D eigenvalue weighted by Gasteiger charge is 2.30. The van der Waals surface area contributed by atoms with Gasteiger partial charge in [0.05, 0.1) is 0 Å². The first-order valence-corrected chi connectivity index (χ1v) is 7.84. The van der Waals surface area contributed by atoms with E-state index in [1.54, 1.807) is 4.91 Å². The predicted octanol–water partition coefficient (Wildman–Crippen LogP) is 4.31. The molecular formula is C16H21NS. The lowest BCUT2D eigenvalue weighted by Gasteiger charge is -2.42. The van der Waals surface area contributed by atoms with E-state index < -0.39 is 0 Å². The van der Waals surface area contributed by atoms with Gasteiger partial charge >= 0.3 is 0 Å². The second-order valence-electron chi connectivity index (χ2n) is 5.38. The van der Waals surface area contributed by atoms with Crippen LogP contribution in [0.2, 0.25) is 0 Å². The van der Waals surface area contributed by atoms with Crippen LogP contribution < -0.4 is 0 Å². The molecule has 0 spiro atoms. The summed E-state index contributed by atoms with van der Waals surface area (Å²) in [6.45, 7) is 3.65. The van der Waals surface area contributed by atoms with Crippen molar-refractivity contribution in [2.45, 2.75) is 49.6 Å². The Balaban J connectivity index is 1.73. The fraction of sp³-hybridized carbons (Fsp3) is 0.500. The quantitative estimate of drug-likeness (QED) is 0.778. The molecule has 2 aliphatic rings. The summed E-state index contributed by atoms with van der Waals surface area (Å²) in [7, 11) is 0. The number of benzene rings is 1. The summed E-state index contributed by atoms with van der Waals surface area (Å²) < 4.78 is 0. The molecule has 2 atom stereocenters. The van der Waals surface area contributed by atoms with E-state index in [9.17, 15) is 0 Å². The first-order valence-electron chi connectivity index (χ1n) is 7.02. The van der Waals surface area contributed by atoms with Gasteiger partial charge in [-0.3, -0.25) is 4.90 Å². The molecule has 1 aromatic rings. The van der Waals surface area contributed by atoms with Gasteiger partial charge in [0.1, 0.15) is 0 Å². The fourth-order valence-electron chi connectivity index (χ4n) is 3.16. The van der Waals surface area contributed by atoms with Crippen molar-refractivity contribution in [2.75, 3.05) is 6.54 Å². The van der Waals surface area contributed by atoms with Crippen molar-refractivity contribution >= 4 is 11.8 Å². The van der Waals surface area contributed by atoms with Gasteiger partial charge in [0.15, 0.2) is 0 Å². The summed E-state index contributed by atoms with van der Waals surface area (Å²) in [5.41, 5.74) is 0. The molecule has 0 unspecified atom stereocenters. The third kappa shape index (κ3) is 2.65. The van der Waals surface area contributed by atoms with Crippen LogP contribution in [0.15, 0.2) is 46.2 Å². The van der Waals surface area contributed by atoms with Crippen molar-refractivity contribution in [1.29, 1.82) is 0 Å². The molecule has 96 valence electrons. The van der Waals surface area contributed by atoms with Crippen LogP contribution in [-0.2, 0) is 0 Å². The lowest BCUT2D eigenvalue weighted by molar-refractivity contribution is 0.116. The standard InChI is InChI=1S/C16H21NS/c1-13-11-16(18-15-8-3-2-4-9-15)12-14-7-5-6-10-17(13)14/h2-4,8-9,11,13-14H,5-7,10,12H2,1H3/t13-,14+/m0/s1. The molecule has 0 N–H and O–H groups in total. The van der Waals surface area contributed by atoms with Gasteiger partial charge in [0.2, 0.25) is 0 Å². The van der Waals surface area contributed by atoms with Crippen LogP contribution in [0.5, 0.6) is 0 Å². The normalized spacial score (nSPS) is 28.6. The van der Waals surface area contributed by atoms with E-state index >= 15 is 0 Å². The van der Waals surface area contributed by atoms with Crippen LogP contribution in [0.3, 0.4) is 0 Å². The van der Waals surface area contributed by atoms with Crippen LogP contribution in [0.4, 0.5) is 0 Å². The van der Waals surface area contributed by atoms with Crippen molar-refractivity contribution < 1.29 is 0 Å². The minimum absolute atomic E-state index is 0.621. The summed E-state index contributed by atoms with van der Waals surface area (Å²) in [5, 5.41) is 0. The first-order chi connectivity index (χ1) is 8.83. The maximum absolute atomic E-state index is 2.69. The maximum atomic E-state index is 2.69. The average Bonchev–Trinajstić information content (AvgIpc) is 2.40. The smallest absolute Gasteiger partial charge is 0.0263 e. The van der Waals surface area contributed by atoms with Crippen molar-refractivity contribution in [3.05, 3.63) is 41.3 Å². The Morgan fingerprint density at radius 3 is 2.83 bits per heavy atom. The van der Waals surface area contributed by atoms with Crippen LogP contribution in [-0.4, -0.2) is 23.5 Å². The number of hydrogen-bond acceptors (Lipinski definition) is 2. The van der Waals surface area contributed by atoms with Crippen LogP contribution >= 0.6 is 11.8 Å². The average molecular weight is 259 g/mol. The molecule has 18 heavy (non-hydrogen) atoms. The van der Waals surface area contributed by atoms with Crippen molar-refractivity contribution in [2.24, 2.45) is 0 Å². The van der Waals surface area contributed by atoms with Crippen molar-refractivity contribution in [3.8, 4) is 0 Å². The second-order valence-corrected chi connectivity index (χ2v) is 6.58. The van der Waals surface area contributed by atoms with E-state index in [0.29, 0.717) is 6.04 Å². The van der Waals surface area contributed by atoms with Crippen LogP contribution in [0.25, 0.3) is 0 Å². The zero-order chi connectivity index (χ0) is 12.4. The molecule has 1 nitrogen and oxygen atoms in total. The van der Waals surface area contributed by atoms with Gasteiger partial charge in [-0.15, -0.1) is 0 Å². The summed E-state index contributed by atoms with van der Waals surface area (Å²) in [6, 6.07) is 12.2. The number of rotatable bonds is 2. The molecule has 0 amide bonds. The molecule has 0 aromatic heterocycles. The number of hydrogen-bond donors (Lipinski definition) is 0. The lowest BCUT2D eigenvalue weighted by Crippen LogP contribution is -2.46. The van der Waals surface area contributed by atoms with Gasteiger partial charge in [-0.2, -0.15) is 0 Å². The number of thioether (sulfide) groups is 1. The topological polar surface area (TPSA) is 3.24 Å². The van der Waals surface area contributed by atoms with Crippen LogP contribution in [0.1, 0.15) is 32.6 Å². The molecule has 1 aromatic carbocycles. The Bertz CT molecular complexity index is 426. The zero-order valence-corrected chi connectivity index (χ0v) is 11.8. The van der Waals surface area contributed by atoms with E-state index in [1.807, 2.05) is 11.8 Å². The predicted molar refractivity (Wildman–Crippen MR) is 78.8 cm³/mol. The first kappa shape index (κ1) is 12.3. The second kappa shape index (κ2) is 5.50. The molecule has 2 heterocycles. The van der Waals surface area contributed by atoms with E-state index in [-0.39, 0.29) is 0 Å². The molecule has 0 saturated carbocycles. The van der Waals surface area contributed by atoms with Gasteiger partial charge in [-0.25, -0.2) is 0 Å². The zero-order valence-electron chi connectivity index (χ0n) is 11.0. The van der Waals surface area contributed by atoms with Crippen LogP contribution in [0, 0.1) is 0 Å². The lowest BCUT2D eigenvalue weighted by atomic mass is 9.94. The Kier molecular flexibility index (Phi) is 3.76. The molecule has 0 aliphatic carbocycles. The van der Waals surface area contributed by atoms with Gasteiger partial charge in [-0.05, 0) is 49.8 Å². The highest BCUT2D eigenvalue weighted by molar-refractivity contribution is 8.03. The minimum atomic E-state index is 0.621. The third-order valence-corrected chi connectivity index (χ3v) is 5.12. The largest absolute Gasteiger partial charge is 0.294 e. The van der Waals surface area contributed by atoms with Gasteiger partial charge in [-0.1, -0.05) is 42.5 Å². The molecule has 2 aliphatic heterocycles. The molecule has 1 saturated heterocycles. The van der Waals surface area contributed by atoms with Gasteiger partial charge in [0.25, 0.3) is 0 Å². The maximum Gasteiger partial charge on any atom is 0.0263 e. The van der Waals surface area contributed by atoms with Crippen molar-refractivity contribution in [1.82, 2.24) is 4.90 Å². The summed E-state index contributed by atoms with van der Waals surface area (Å²) >= 11 is 1.96. The van der Waals surface area contributed by atoms with E-state index in [2.05, 4.69) is 48.2 Å². The Labute approximate surface area is 114 Å². The Morgan fingerprint density at radius 2 is 2.00 bits per heavy atom. The van der Waals surface area contributed by atoms with Gasteiger partial charge in [0, 0.05) is 17.0 Å². The highest BCUT2D eigenvalue weighted by atomic mass is 32.2. The van der Waals surface area contributed by atoms with Crippen molar-refractivity contribution in [3.63, 3.8) is 0 Å². The molecule has 2 heteroatoms. The van der Waals surface area contributed by atoms with Gasteiger partial charge < -0.3 is 0 Å². The highest BCUT2D eigenvalue weighted by Crippen LogP contribution is 2.37. The summed E-state index contributed by atoms with van der Waals surface area (Å²) in [4.78, 5) is 5.63. The molecule has 1 fully saturated rings. The van der Waals surface area contributed by atoms with E-state index in [1.165, 1.54) is 37.1 Å². The summed E-state index contributed by atoms with van der Waals surface area (Å²) in [5.74, 6) is 0. The number of piperidine rings is 1. The molecule has 0 bridgehead atoms. The molecule has 3 rings (SSSR count). The SMILES string of the molecule is C[C@H]1C=C(Sc2ccccc2)C[C@H]2CCCCN21. The number of fused-ring (bicyclic) bond motifs is 1. The molecule has 0 radical (unpaired) electrons. The Morgan fingerprint density at radius 1 is 1.17 bits per heavy atom. The monoisotopic (exact) mass is 259 g/mol. The fourth-order valence-corrected chi connectivity index (χ4v) is 4.30. The molecular weight excluding hydrogens is 238 g/mol. The van der Waals surface area contributed by atoms with E-state index in [0.717, 1.165) is 6.04 Å². The third-order valence-electron chi connectivity index (χ3n) is 4.05.